The topological polar surface area (TPSA) is 32.3 Å². The van der Waals surface area contributed by atoms with Crippen molar-refractivity contribution in [1.82, 2.24) is 10.2 Å². The maximum absolute atomic E-state index is 12.4. The number of rotatable bonds is 4. The molecule has 2 atom stereocenters. The number of benzene rings is 1. The van der Waals surface area contributed by atoms with Crippen LogP contribution < -0.4 is 5.32 Å². The Morgan fingerprint density at radius 3 is 2.75 bits per heavy atom. The van der Waals surface area contributed by atoms with Crippen molar-refractivity contribution in [2.75, 3.05) is 12.8 Å². The van der Waals surface area contributed by atoms with Crippen molar-refractivity contribution >= 4 is 29.3 Å². The molecule has 1 aliphatic heterocycles. The number of nitrogens with zero attached hydrogens (tertiary/aromatic N) is 1. The summed E-state index contributed by atoms with van der Waals surface area (Å²) in [6.45, 7) is 6.93. The first-order valence-corrected chi connectivity index (χ1v) is 8.31. The van der Waals surface area contributed by atoms with Gasteiger partial charge in [-0.05, 0) is 44.7 Å². The zero-order chi connectivity index (χ0) is 14.9. The molecule has 1 amide bonds. The Kier molecular flexibility index (Phi) is 4.67. The largest absolute Gasteiger partial charge is 0.320 e. The summed E-state index contributed by atoms with van der Waals surface area (Å²) in [6, 6.07) is 7.54. The second kappa shape index (κ2) is 5.96. The lowest BCUT2D eigenvalue weighted by Gasteiger charge is -2.32. The van der Waals surface area contributed by atoms with Crippen LogP contribution in [0.25, 0.3) is 0 Å². The average molecular weight is 313 g/mol. The number of hydrogen-bond donors (Lipinski definition) is 1. The maximum atomic E-state index is 12.4. The number of amides is 1. The monoisotopic (exact) mass is 312 g/mol. The van der Waals surface area contributed by atoms with E-state index in [0.717, 1.165) is 5.56 Å². The first-order chi connectivity index (χ1) is 9.34. The fourth-order valence-corrected chi connectivity index (χ4v) is 2.84. The van der Waals surface area contributed by atoms with Gasteiger partial charge in [0, 0.05) is 16.3 Å². The van der Waals surface area contributed by atoms with Gasteiger partial charge in [0.25, 0.3) is 0 Å². The molecule has 1 heterocycles. The molecule has 110 valence electrons. The highest BCUT2D eigenvalue weighted by molar-refractivity contribution is 7.99. The normalized spacial score (nSPS) is 23.4. The third kappa shape index (κ3) is 3.30. The summed E-state index contributed by atoms with van der Waals surface area (Å²) in [6.07, 6.45) is 1.98. The quantitative estimate of drug-likeness (QED) is 0.926. The second-order valence-corrected chi connectivity index (χ2v) is 7.73. The van der Waals surface area contributed by atoms with Crippen molar-refractivity contribution in [3.63, 3.8) is 0 Å². The number of carbonyl (C=O) groups is 1. The molecule has 0 aliphatic carbocycles. The van der Waals surface area contributed by atoms with Crippen molar-refractivity contribution < 1.29 is 4.79 Å². The summed E-state index contributed by atoms with van der Waals surface area (Å²) in [4.78, 5) is 14.3. The molecule has 1 aromatic rings. The van der Waals surface area contributed by atoms with Crippen molar-refractivity contribution in [1.29, 1.82) is 0 Å². The number of halogens is 1. The summed E-state index contributed by atoms with van der Waals surface area (Å²) in [5, 5.41) is 4.05. The summed E-state index contributed by atoms with van der Waals surface area (Å²) in [7, 11) is 0. The Morgan fingerprint density at radius 2 is 2.15 bits per heavy atom. The van der Waals surface area contributed by atoms with Crippen LogP contribution in [0.1, 0.15) is 32.5 Å². The molecule has 1 aliphatic rings. The van der Waals surface area contributed by atoms with Crippen LogP contribution in [-0.4, -0.2) is 34.4 Å². The van der Waals surface area contributed by atoms with Crippen molar-refractivity contribution in [2.24, 2.45) is 0 Å². The van der Waals surface area contributed by atoms with Gasteiger partial charge in [-0.15, -0.1) is 0 Å². The average Bonchev–Trinajstić information content (AvgIpc) is 2.67. The van der Waals surface area contributed by atoms with E-state index in [-0.39, 0.29) is 22.9 Å². The number of nitrogens with one attached hydrogen (secondary N) is 1. The predicted molar refractivity (Wildman–Crippen MR) is 86.1 cm³/mol. The second-order valence-electron chi connectivity index (χ2n) is 5.78. The van der Waals surface area contributed by atoms with E-state index in [1.807, 2.05) is 36.1 Å². The summed E-state index contributed by atoms with van der Waals surface area (Å²) in [5.74, 6) is 0.150. The lowest BCUT2D eigenvalue weighted by Crippen LogP contribution is -2.40. The van der Waals surface area contributed by atoms with E-state index >= 15 is 0 Å². The molecule has 5 heteroatoms. The van der Waals surface area contributed by atoms with Gasteiger partial charge in [0.15, 0.2) is 0 Å². The fraction of sp³-hybridized carbons (Fsp3) is 0.533. The summed E-state index contributed by atoms with van der Waals surface area (Å²) < 4.78 is 0.0260. The highest BCUT2D eigenvalue weighted by atomic mass is 35.5. The predicted octanol–water partition coefficient (Wildman–Crippen LogP) is 3.30. The smallest absolute Gasteiger partial charge is 0.241 e. The molecule has 2 rings (SSSR count). The lowest BCUT2D eigenvalue weighted by atomic mass is 10.1. The van der Waals surface area contributed by atoms with Gasteiger partial charge in [-0.2, -0.15) is 11.8 Å². The van der Waals surface area contributed by atoms with Gasteiger partial charge in [-0.25, -0.2) is 0 Å². The molecule has 0 radical (unpaired) electrons. The van der Waals surface area contributed by atoms with Crippen molar-refractivity contribution in [3.05, 3.63) is 34.9 Å². The zero-order valence-corrected chi connectivity index (χ0v) is 13.9. The molecule has 3 nitrogen and oxygen atoms in total. The molecule has 1 saturated heterocycles. The minimum absolute atomic E-state index is 0.0260. The Hall–Kier alpha value is -0.710. The third-order valence-corrected chi connectivity index (χ3v) is 5.11. The highest BCUT2D eigenvalue weighted by Gasteiger charge is 2.39. The van der Waals surface area contributed by atoms with Crippen molar-refractivity contribution in [3.8, 4) is 0 Å². The zero-order valence-electron chi connectivity index (χ0n) is 12.3. The van der Waals surface area contributed by atoms with Crippen LogP contribution in [0.3, 0.4) is 0 Å². The van der Waals surface area contributed by atoms with Gasteiger partial charge in [0.05, 0.1) is 6.04 Å². The molecule has 0 saturated carbocycles. The fourth-order valence-electron chi connectivity index (χ4n) is 2.37. The van der Waals surface area contributed by atoms with E-state index in [1.165, 1.54) is 0 Å². The molecule has 20 heavy (non-hydrogen) atoms. The van der Waals surface area contributed by atoms with Gasteiger partial charge >= 0.3 is 0 Å². The van der Waals surface area contributed by atoms with Crippen LogP contribution in [0.4, 0.5) is 0 Å². The van der Waals surface area contributed by atoms with Crippen LogP contribution in [-0.2, 0) is 4.79 Å². The Morgan fingerprint density at radius 1 is 1.45 bits per heavy atom. The molecule has 0 spiro atoms. The van der Waals surface area contributed by atoms with E-state index in [0.29, 0.717) is 11.6 Å². The molecule has 1 aromatic carbocycles. The Bertz CT molecular complexity index is 506. The Balaban J connectivity index is 2.28. The van der Waals surface area contributed by atoms with E-state index < -0.39 is 0 Å². The Labute approximate surface area is 130 Å². The van der Waals surface area contributed by atoms with Crippen LogP contribution in [0.5, 0.6) is 0 Å². The maximum Gasteiger partial charge on any atom is 0.241 e. The molecular formula is C15H21ClN2OS. The van der Waals surface area contributed by atoms with Crippen LogP contribution >= 0.6 is 23.4 Å². The van der Waals surface area contributed by atoms with Gasteiger partial charge in [-0.1, -0.05) is 23.7 Å². The first-order valence-electron chi connectivity index (χ1n) is 6.71. The van der Waals surface area contributed by atoms with E-state index in [2.05, 4.69) is 25.4 Å². The number of hydrogen-bond acceptors (Lipinski definition) is 3. The third-order valence-electron chi connectivity index (χ3n) is 3.64. The minimum atomic E-state index is -0.156. The van der Waals surface area contributed by atoms with E-state index in [9.17, 15) is 4.79 Å². The van der Waals surface area contributed by atoms with Crippen molar-refractivity contribution in [2.45, 2.75) is 37.7 Å². The van der Waals surface area contributed by atoms with Gasteiger partial charge < -0.3 is 4.90 Å². The van der Waals surface area contributed by atoms with Crippen LogP contribution in [0, 0.1) is 0 Å². The molecular weight excluding hydrogens is 292 g/mol. The minimum Gasteiger partial charge on any atom is -0.320 e. The number of thioether (sulfide) groups is 1. The number of carbonyl (C=O) groups excluding carboxylic acids is 1. The first kappa shape index (κ1) is 15.7. The van der Waals surface area contributed by atoms with Gasteiger partial charge in [0.1, 0.15) is 6.17 Å². The van der Waals surface area contributed by atoms with E-state index in [4.69, 9.17) is 11.6 Å². The lowest BCUT2D eigenvalue weighted by molar-refractivity contribution is -0.130. The SMILES string of the molecule is CSC(C)(C)CN1C(=O)C(C)NC1c1cccc(Cl)c1. The molecule has 2 unspecified atom stereocenters. The molecule has 1 fully saturated rings. The van der Waals surface area contributed by atoms with Gasteiger partial charge in [0.2, 0.25) is 5.91 Å². The van der Waals surface area contributed by atoms with E-state index in [1.54, 1.807) is 11.8 Å². The molecule has 0 aromatic heterocycles. The molecule has 1 N–H and O–H groups in total. The standard InChI is InChI=1S/C15H21ClN2OS/c1-10-14(19)18(9-15(2,3)20-4)13(17-10)11-6-5-7-12(16)8-11/h5-8,10,13,17H,9H2,1-4H3. The summed E-state index contributed by atoms with van der Waals surface area (Å²) >= 11 is 7.84. The molecule has 0 bridgehead atoms. The van der Waals surface area contributed by atoms with Crippen LogP contribution in [0.15, 0.2) is 24.3 Å². The summed E-state index contributed by atoms with van der Waals surface area (Å²) in [5.41, 5.74) is 1.03. The highest BCUT2D eigenvalue weighted by Crippen LogP contribution is 2.31. The van der Waals surface area contributed by atoms with Gasteiger partial charge in [-0.3, -0.25) is 10.1 Å². The van der Waals surface area contributed by atoms with Crippen LogP contribution in [0.2, 0.25) is 5.02 Å².